The van der Waals surface area contributed by atoms with Crippen LogP contribution in [0, 0.1) is 13.8 Å². The Morgan fingerprint density at radius 3 is 2.36 bits per heavy atom. The van der Waals surface area contributed by atoms with Gasteiger partial charge in [-0.05, 0) is 44.5 Å². The number of rotatable bonds is 4. The molecule has 0 unspecified atom stereocenters. The fourth-order valence-electron chi connectivity index (χ4n) is 3.05. The number of hydrogen-bond acceptors (Lipinski definition) is 4. The van der Waals surface area contributed by atoms with Gasteiger partial charge in [0.25, 0.3) is 11.7 Å². The molecule has 1 aromatic heterocycles. The number of hydrogen-bond donors (Lipinski definition) is 1. The van der Waals surface area contributed by atoms with Crippen molar-refractivity contribution in [2.45, 2.75) is 26.7 Å². The molecule has 0 atom stereocenters. The topological polar surface area (TPSA) is 84.3 Å². The molecule has 2 amide bonds. The molecular weight excluding hydrogens is 320 g/mol. The number of benzene rings is 1. The van der Waals surface area contributed by atoms with Crippen LogP contribution >= 0.6 is 0 Å². The van der Waals surface area contributed by atoms with Gasteiger partial charge < -0.3 is 10.2 Å². The Kier molecular flexibility index (Phi) is 4.39. The Bertz CT molecular complexity index is 852. The van der Waals surface area contributed by atoms with Crippen molar-refractivity contribution in [3.63, 3.8) is 0 Å². The van der Waals surface area contributed by atoms with Crippen molar-refractivity contribution < 1.29 is 14.4 Å². The van der Waals surface area contributed by atoms with Gasteiger partial charge in [0, 0.05) is 37.1 Å². The van der Waals surface area contributed by atoms with Gasteiger partial charge in [0.05, 0.1) is 11.3 Å². The smallest absolute Gasteiger partial charge is 0.296 e. The predicted octanol–water partition coefficient (Wildman–Crippen LogP) is 1.99. The van der Waals surface area contributed by atoms with Crippen LogP contribution in [0.25, 0.3) is 0 Å². The van der Waals surface area contributed by atoms with Gasteiger partial charge in [0.15, 0.2) is 0 Å². The normalized spacial score (nSPS) is 14.0. The van der Waals surface area contributed by atoms with Gasteiger partial charge >= 0.3 is 0 Å². The second-order valence-electron chi connectivity index (χ2n) is 6.15. The molecule has 0 spiro atoms. The molecule has 1 fully saturated rings. The average molecular weight is 340 g/mol. The van der Waals surface area contributed by atoms with E-state index in [4.69, 9.17) is 0 Å². The molecule has 2 aromatic rings. The molecule has 0 radical (unpaired) electrons. The molecule has 1 aromatic carbocycles. The van der Waals surface area contributed by atoms with Crippen LogP contribution in [-0.4, -0.2) is 33.9 Å². The van der Waals surface area contributed by atoms with Gasteiger partial charge in [0.1, 0.15) is 0 Å². The lowest BCUT2D eigenvalue weighted by atomic mass is 10.1. The van der Waals surface area contributed by atoms with Crippen LogP contribution in [0.4, 0.5) is 11.4 Å². The van der Waals surface area contributed by atoms with E-state index in [0.29, 0.717) is 35.6 Å². The first-order valence-corrected chi connectivity index (χ1v) is 8.15. The van der Waals surface area contributed by atoms with E-state index in [0.717, 1.165) is 12.1 Å². The maximum Gasteiger partial charge on any atom is 0.296 e. The molecule has 130 valence electrons. The number of aromatic nitrogens is 2. The Morgan fingerprint density at radius 2 is 1.84 bits per heavy atom. The van der Waals surface area contributed by atoms with Gasteiger partial charge in [-0.15, -0.1) is 0 Å². The van der Waals surface area contributed by atoms with Crippen LogP contribution in [0.1, 0.15) is 34.6 Å². The zero-order valence-electron chi connectivity index (χ0n) is 14.5. The highest BCUT2D eigenvalue weighted by atomic mass is 16.2. The summed E-state index contributed by atoms with van der Waals surface area (Å²) in [5, 5.41) is 6.77. The van der Waals surface area contributed by atoms with E-state index < -0.39 is 11.7 Å². The first kappa shape index (κ1) is 16.9. The van der Waals surface area contributed by atoms with E-state index in [9.17, 15) is 14.4 Å². The molecule has 0 bridgehead atoms. The number of carbonyl (C=O) groups excluding carboxylic acids is 3. The summed E-state index contributed by atoms with van der Waals surface area (Å²) < 4.78 is 1.58. The number of carbonyl (C=O) groups is 3. The number of anilines is 2. The fourth-order valence-corrected chi connectivity index (χ4v) is 3.05. The number of Topliss-reactive ketones (excluding diaryl/α,β-unsaturated/α-hetero) is 1. The number of nitrogens with one attached hydrogen (secondary N) is 1. The van der Waals surface area contributed by atoms with E-state index in [1.165, 1.54) is 0 Å². The minimum atomic E-state index is -0.704. The molecule has 0 aliphatic carbocycles. The highest BCUT2D eigenvalue weighted by Gasteiger charge is 2.24. The van der Waals surface area contributed by atoms with Crippen LogP contribution in [-0.2, 0) is 16.6 Å². The maximum absolute atomic E-state index is 12.4. The second-order valence-corrected chi connectivity index (χ2v) is 6.15. The largest absolute Gasteiger partial charge is 0.319 e. The van der Waals surface area contributed by atoms with Crippen molar-refractivity contribution in [2.75, 3.05) is 16.8 Å². The second kappa shape index (κ2) is 6.51. The number of amides is 2. The SMILES string of the molecule is Cc1nn(C)c(C)c1C(=O)C(=O)Nc1ccc(N2CCCC2=O)cc1. The molecule has 3 rings (SSSR count). The van der Waals surface area contributed by atoms with E-state index in [1.54, 1.807) is 54.7 Å². The summed E-state index contributed by atoms with van der Waals surface area (Å²) in [6.07, 6.45) is 1.42. The third kappa shape index (κ3) is 3.17. The predicted molar refractivity (Wildman–Crippen MR) is 93.7 cm³/mol. The van der Waals surface area contributed by atoms with Crippen LogP contribution in [0.15, 0.2) is 24.3 Å². The average Bonchev–Trinajstić information content (AvgIpc) is 3.11. The van der Waals surface area contributed by atoms with E-state index >= 15 is 0 Å². The zero-order valence-corrected chi connectivity index (χ0v) is 14.5. The van der Waals surface area contributed by atoms with Crippen molar-refractivity contribution in [1.82, 2.24) is 9.78 Å². The lowest BCUT2D eigenvalue weighted by Gasteiger charge is -2.16. The van der Waals surface area contributed by atoms with Gasteiger partial charge in [-0.3, -0.25) is 19.1 Å². The lowest BCUT2D eigenvalue weighted by Crippen LogP contribution is -2.25. The van der Waals surface area contributed by atoms with Gasteiger partial charge in [-0.1, -0.05) is 0 Å². The summed E-state index contributed by atoms with van der Waals surface area (Å²) in [4.78, 5) is 38.1. The summed E-state index contributed by atoms with van der Waals surface area (Å²) in [5.74, 6) is -1.21. The first-order valence-electron chi connectivity index (χ1n) is 8.15. The molecule has 1 aliphatic heterocycles. The van der Waals surface area contributed by atoms with Crippen LogP contribution in [0.2, 0.25) is 0 Å². The minimum absolute atomic E-state index is 0.106. The molecule has 1 aliphatic rings. The Labute approximate surface area is 145 Å². The number of ketones is 1. The highest BCUT2D eigenvalue weighted by molar-refractivity contribution is 6.47. The Balaban J connectivity index is 1.72. The molecule has 1 N–H and O–H groups in total. The lowest BCUT2D eigenvalue weighted by molar-refractivity contribution is -0.117. The minimum Gasteiger partial charge on any atom is -0.319 e. The highest BCUT2D eigenvalue weighted by Crippen LogP contribution is 2.23. The van der Waals surface area contributed by atoms with E-state index in [1.807, 2.05) is 0 Å². The standard InChI is InChI=1S/C18H20N4O3/c1-11-16(12(2)21(3)20-11)17(24)18(25)19-13-6-8-14(9-7-13)22-10-4-5-15(22)23/h6-9H,4-5,10H2,1-3H3,(H,19,25). The van der Waals surface area contributed by atoms with Crippen LogP contribution in [0.5, 0.6) is 0 Å². The molecule has 7 nitrogen and oxygen atoms in total. The fraction of sp³-hybridized carbons (Fsp3) is 0.333. The molecule has 0 saturated carbocycles. The third-order valence-electron chi connectivity index (χ3n) is 4.45. The zero-order chi connectivity index (χ0) is 18.1. The summed E-state index contributed by atoms with van der Waals surface area (Å²) in [5.41, 5.74) is 2.82. The van der Waals surface area contributed by atoms with E-state index in [2.05, 4.69) is 10.4 Å². The van der Waals surface area contributed by atoms with Crippen LogP contribution in [0.3, 0.4) is 0 Å². The van der Waals surface area contributed by atoms with Crippen molar-refractivity contribution in [3.8, 4) is 0 Å². The quantitative estimate of drug-likeness (QED) is 0.681. The number of nitrogens with zero attached hydrogens (tertiary/aromatic N) is 3. The molecule has 1 saturated heterocycles. The Morgan fingerprint density at radius 1 is 1.16 bits per heavy atom. The van der Waals surface area contributed by atoms with Crippen molar-refractivity contribution in [2.24, 2.45) is 7.05 Å². The Hall–Kier alpha value is -2.96. The summed E-state index contributed by atoms with van der Waals surface area (Å²) in [6.45, 7) is 4.17. The molecule has 2 heterocycles. The van der Waals surface area contributed by atoms with Gasteiger partial charge in [-0.2, -0.15) is 5.10 Å². The summed E-state index contributed by atoms with van der Waals surface area (Å²) in [6, 6.07) is 6.91. The van der Waals surface area contributed by atoms with Crippen LogP contribution < -0.4 is 10.2 Å². The van der Waals surface area contributed by atoms with Gasteiger partial charge in [-0.25, -0.2) is 0 Å². The van der Waals surface area contributed by atoms with Crippen molar-refractivity contribution in [3.05, 3.63) is 41.2 Å². The van der Waals surface area contributed by atoms with Crippen molar-refractivity contribution >= 4 is 29.0 Å². The van der Waals surface area contributed by atoms with Gasteiger partial charge in [0.2, 0.25) is 5.91 Å². The summed E-state index contributed by atoms with van der Waals surface area (Å²) >= 11 is 0. The number of aryl methyl sites for hydroxylation is 2. The molecule has 7 heteroatoms. The van der Waals surface area contributed by atoms with E-state index in [-0.39, 0.29) is 5.91 Å². The first-order chi connectivity index (χ1) is 11.9. The maximum atomic E-state index is 12.4. The molecule has 25 heavy (non-hydrogen) atoms. The summed E-state index contributed by atoms with van der Waals surface area (Å²) in [7, 11) is 1.73. The monoisotopic (exact) mass is 340 g/mol. The van der Waals surface area contributed by atoms with Crippen molar-refractivity contribution in [1.29, 1.82) is 0 Å². The third-order valence-corrected chi connectivity index (χ3v) is 4.45. The molecular formula is C18H20N4O3.